The first-order valence-electron chi connectivity index (χ1n) is 9.03. The average molecular weight is 411 g/mol. The number of benzene rings is 2. The standard InChI is InChI=1S/C21H21N3O4S/c1-12-5-4-6-13(2)19(12)24-18(25)10-22-20(26)14(3)28-21(27)15-7-8-16-17(9-15)29-11-23-16/h4-9,11,14H,10H2,1-3H3,(H,22,26)(H,24,25)/t14-/m0/s1. The fraction of sp³-hybridized carbons (Fsp3) is 0.238. The quantitative estimate of drug-likeness (QED) is 0.607. The maximum atomic E-state index is 12.3. The van der Waals surface area contributed by atoms with Crippen molar-refractivity contribution < 1.29 is 19.1 Å². The molecule has 1 heterocycles. The molecule has 2 amide bonds. The fourth-order valence-corrected chi connectivity index (χ4v) is 3.49. The van der Waals surface area contributed by atoms with E-state index in [-0.39, 0.29) is 12.5 Å². The topological polar surface area (TPSA) is 97.4 Å². The van der Waals surface area contributed by atoms with Crippen LogP contribution in [0, 0.1) is 13.8 Å². The number of hydrogen-bond donors (Lipinski definition) is 2. The van der Waals surface area contributed by atoms with Gasteiger partial charge in [-0.15, -0.1) is 11.3 Å². The molecule has 8 heteroatoms. The Morgan fingerprint density at radius 1 is 1.14 bits per heavy atom. The molecular weight excluding hydrogens is 390 g/mol. The van der Waals surface area contributed by atoms with Crippen LogP contribution in [0.5, 0.6) is 0 Å². The first-order valence-corrected chi connectivity index (χ1v) is 9.91. The number of anilines is 1. The van der Waals surface area contributed by atoms with Gasteiger partial charge in [0.05, 0.1) is 27.8 Å². The summed E-state index contributed by atoms with van der Waals surface area (Å²) >= 11 is 1.42. The molecule has 2 N–H and O–H groups in total. The molecule has 0 saturated carbocycles. The van der Waals surface area contributed by atoms with E-state index >= 15 is 0 Å². The molecule has 150 valence electrons. The lowest BCUT2D eigenvalue weighted by Crippen LogP contribution is -2.40. The highest BCUT2D eigenvalue weighted by Crippen LogP contribution is 2.20. The number of carbonyl (C=O) groups excluding carboxylic acids is 3. The minimum absolute atomic E-state index is 0.221. The van der Waals surface area contributed by atoms with Crippen LogP contribution in [0.4, 0.5) is 5.69 Å². The summed E-state index contributed by atoms with van der Waals surface area (Å²) in [6.45, 7) is 5.03. The number of para-hydroxylation sites is 1. The summed E-state index contributed by atoms with van der Waals surface area (Å²) in [6.07, 6.45) is -1.03. The minimum Gasteiger partial charge on any atom is -0.449 e. The van der Waals surface area contributed by atoms with E-state index in [0.29, 0.717) is 5.56 Å². The lowest BCUT2D eigenvalue weighted by atomic mass is 10.1. The normalized spacial score (nSPS) is 11.7. The minimum atomic E-state index is -1.03. The zero-order chi connectivity index (χ0) is 21.0. The lowest BCUT2D eigenvalue weighted by molar-refractivity contribution is -0.130. The van der Waals surface area contributed by atoms with E-state index in [1.165, 1.54) is 18.3 Å². The lowest BCUT2D eigenvalue weighted by Gasteiger charge is -2.15. The smallest absolute Gasteiger partial charge is 0.338 e. The molecule has 7 nitrogen and oxygen atoms in total. The Bertz CT molecular complexity index is 1060. The maximum Gasteiger partial charge on any atom is 0.338 e. The number of amides is 2. The third-order valence-corrected chi connectivity index (χ3v) is 5.18. The molecule has 1 aromatic heterocycles. The second kappa shape index (κ2) is 8.83. The number of aryl methyl sites for hydroxylation is 2. The number of carbonyl (C=O) groups is 3. The van der Waals surface area contributed by atoms with Crippen molar-refractivity contribution in [1.82, 2.24) is 10.3 Å². The summed E-state index contributed by atoms with van der Waals surface area (Å²) in [5.74, 6) is -1.51. The number of hydrogen-bond acceptors (Lipinski definition) is 6. The Morgan fingerprint density at radius 2 is 1.86 bits per heavy atom. The van der Waals surface area contributed by atoms with Crippen LogP contribution in [0.3, 0.4) is 0 Å². The van der Waals surface area contributed by atoms with Gasteiger partial charge in [0.25, 0.3) is 5.91 Å². The molecule has 3 rings (SSSR count). The Hall–Kier alpha value is -3.26. The Morgan fingerprint density at radius 3 is 2.59 bits per heavy atom. The van der Waals surface area contributed by atoms with Gasteiger partial charge in [-0.25, -0.2) is 9.78 Å². The number of ether oxygens (including phenoxy) is 1. The summed E-state index contributed by atoms with van der Waals surface area (Å²) in [7, 11) is 0. The maximum absolute atomic E-state index is 12.3. The SMILES string of the molecule is Cc1cccc(C)c1NC(=O)CNC(=O)[C@H](C)OC(=O)c1ccc2ncsc2c1. The van der Waals surface area contributed by atoms with Crippen molar-refractivity contribution in [3.63, 3.8) is 0 Å². The van der Waals surface area contributed by atoms with Gasteiger partial charge in [-0.3, -0.25) is 9.59 Å². The van der Waals surface area contributed by atoms with Crippen molar-refractivity contribution >= 4 is 45.0 Å². The van der Waals surface area contributed by atoms with Crippen molar-refractivity contribution in [2.45, 2.75) is 26.9 Å². The number of nitrogens with one attached hydrogen (secondary N) is 2. The fourth-order valence-electron chi connectivity index (χ4n) is 2.77. The molecule has 0 saturated heterocycles. The summed E-state index contributed by atoms with van der Waals surface area (Å²) in [5, 5.41) is 5.28. The number of thiazole rings is 1. The van der Waals surface area contributed by atoms with Gasteiger partial charge in [0.1, 0.15) is 0 Å². The number of rotatable bonds is 6. The van der Waals surface area contributed by atoms with E-state index in [9.17, 15) is 14.4 Å². The van der Waals surface area contributed by atoms with Crippen LogP contribution in [-0.4, -0.2) is 35.4 Å². The van der Waals surface area contributed by atoms with Crippen LogP contribution >= 0.6 is 11.3 Å². The van der Waals surface area contributed by atoms with Crippen LogP contribution in [0.1, 0.15) is 28.4 Å². The molecule has 29 heavy (non-hydrogen) atoms. The predicted octanol–water partition coefficient (Wildman–Crippen LogP) is 3.21. The molecule has 0 aliphatic rings. The van der Waals surface area contributed by atoms with Gasteiger partial charge in [0.15, 0.2) is 6.10 Å². The summed E-state index contributed by atoms with van der Waals surface area (Å²) in [6, 6.07) is 10.7. The van der Waals surface area contributed by atoms with Crippen LogP contribution in [0.15, 0.2) is 41.9 Å². The summed E-state index contributed by atoms with van der Waals surface area (Å²) in [4.78, 5) is 40.8. The van der Waals surface area contributed by atoms with Gasteiger partial charge in [0, 0.05) is 5.69 Å². The van der Waals surface area contributed by atoms with Crippen molar-refractivity contribution in [2.75, 3.05) is 11.9 Å². The molecule has 2 aromatic carbocycles. The zero-order valence-corrected chi connectivity index (χ0v) is 17.1. The van der Waals surface area contributed by atoms with Crippen LogP contribution in [0.25, 0.3) is 10.2 Å². The van der Waals surface area contributed by atoms with E-state index < -0.39 is 18.0 Å². The van der Waals surface area contributed by atoms with E-state index in [1.807, 2.05) is 32.0 Å². The second-order valence-electron chi connectivity index (χ2n) is 6.62. The highest BCUT2D eigenvalue weighted by Gasteiger charge is 2.20. The van der Waals surface area contributed by atoms with Crippen LogP contribution in [-0.2, 0) is 14.3 Å². The van der Waals surface area contributed by atoms with Crippen LogP contribution in [0.2, 0.25) is 0 Å². The molecule has 0 radical (unpaired) electrons. The van der Waals surface area contributed by atoms with E-state index in [1.54, 1.807) is 23.7 Å². The number of fused-ring (bicyclic) bond motifs is 1. The van der Waals surface area contributed by atoms with Gasteiger partial charge < -0.3 is 15.4 Å². The second-order valence-corrected chi connectivity index (χ2v) is 7.50. The van der Waals surface area contributed by atoms with Crippen LogP contribution < -0.4 is 10.6 Å². The molecule has 1 atom stereocenters. The summed E-state index contributed by atoms with van der Waals surface area (Å²) < 4.78 is 6.07. The van der Waals surface area contributed by atoms with Crippen molar-refractivity contribution in [1.29, 1.82) is 0 Å². The van der Waals surface area contributed by atoms with Gasteiger partial charge >= 0.3 is 5.97 Å². The molecule has 0 bridgehead atoms. The highest BCUT2D eigenvalue weighted by atomic mass is 32.1. The summed E-state index contributed by atoms with van der Waals surface area (Å²) in [5.41, 5.74) is 5.43. The number of aromatic nitrogens is 1. The average Bonchev–Trinajstić information content (AvgIpc) is 3.16. The third-order valence-electron chi connectivity index (χ3n) is 4.39. The molecule has 0 aliphatic heterocycles. The van der Waals surface area contributed by atoms with Crippen molar-refractivity contribution in [2.24, 2.45) is 0 Å². The first kappa shape index (κ1) is 20.5. The Balaban J connectivity index is 1.52. The Labute approximate surface area is 172 Å². The zero-order valence-electron chi connectivity index (χ0n) is 16.3. The van der Waals surface area contributed by atoms with Gasteiger partial charge in [-0.05, 0) is 50.1 Å². The van der Waals surface area contributed by atoms with Crippen molar-refractivity contribution in [3.05, 3.63) is 58.6 Å². The molecule has 0 spiro atoms. The largest absolute Gasteiger partial charge is 0.449 e. The third kappa shape index (κ3) is 4.97. The van der Waals surface area contributed by atoms with E-state index in [4.69, 9.17) is 4.74 Å². The monoisotopic (exact) mass is 411 g/mol. The number of esters is 1. The van der Waals surface area contributed by atoms with E-state index in [0.717, 1.165) is 27.0 Å². The Kier molecular flexibility index (Phi) is 6.23. The molecule has 3 aromatic rings. The van der Waals surface area contributed by atoms with Gasteiger partial charge in [-0.1, -0.05) is 18.2 Å². The highest BCUT2D eigenvalue weighted by molar-refractivity contribution is 7.16. The van der Waals surface area contributed by atoms with Crippen molar-refractivity contribution in [3.8, 4) is 0 Å². The predicted molar refractivity (Wildman–Crippen MR) is 112 cm³/mol. The first-order chi connectivity index (χ1) is 13.8. The van der Waals surface area contributed by atoms with Gasteiger partial charge in [-0.2, -0.15) is 0 Å². The molecular formula is C21H21N3O4S. The van der Waals surface area contributed by atoms with Gasteiger partial charge in [0.2, 0.25) is 5.91 Å². The molecule has 0 aliphatic carbocycles. The molecule has 0 unspecified atom stereocenters. The number of nitrogens with zero attached hydrogens (tertiary/aromatic N) is 1. The van der Waals surface area contributed by atoms with E-state index in [2.05, 4.69) is 15.6 Å². The molecule has 0 fully saturated rings.